The number of fused-ring (bicyclic) bond motifs is 1. The summed E-state index contributed by atoms with van der Waals surface area (Å²) in [5.74, 6) is 0.733. The van der Waals surface area contributed by atoms with Gasteiger partial charge in [-0.2, -0.15) is 4.98 Å². The lowest BCUT2D eigenvalue weighted by Crippen LogP contribution is -2.58. The molecule has 0 aliphatic carbocycles. The Bertz CT molecular complexity index is 1480. The number of allylic oxidation sites excluding steroid dienone is 2. The molecule has 2 N–H and O–H groups in total. The number of hydrogen-bond donors (Lipinski definition) is 2. The van der Waals surface area contributed by atoms with E-state index in [2.05, 4.69) is 48.0 Å². The van der Waals surface area contributed by atoms with E-state index in [-0.39, 0.29) is 33.9 Å². The Morgan fingerprint density at radius 1 is 1.18 bits per heavy atom. The highest BCUT2D eigenvalue weighted by Crippen LogP contribution is 2.38. The molecular formula is C31H38ClFN6O. The summed E-state index contributed by atoms with van der Waals surface area (Å²) in [5.41, 5.74) is 2.90. The van der Waals surface area contributed by atoms with Crippen LogP contribution in [0.4, 0.5) is 16.2 Å². The monoisotopic (exact) mass is 564 g/mol. The van der Waals surface area contributed by atoms with Crippen molar-refractivity contribution in [3.8, 4) is 0 Å². The summed E-state index contributed by atoms with van der Waals surface area (Å²) in [6.07, 6.45) is 3.21. The summed E-state index contributed by atoms with van der Waals surface area (Å²) in [7, 11) is 4.12. The number of piperazine rings is 1. The average molecular weight is 565 g/mol. The highest BCUT2D eigenvalue weighted by Gasteiger charge is 2.33. The van der Waals surface area contributed by atoms with E-state index >= 15 is 4.39 Å². The Hall–Kier alpha value is -3.20. The van der Waals surface area contributed by atoms with E-state index in [0.717, 1.165) is 37.3 Å². The topological polar surface area (TPSA) is 67.8 Å². The molecule has 40 heavy (non-hydrogen) atoms. The third kappa shape index (κ3) is 5.53. The summed E-state index contributed by atoms with van der Waals surface area (Å²) >= 11 is 6.76. The molecule has 5 rings (SSSR count). The maximum atomic E-state index is 16.4. The van der Waals surface area contributed by atoms with Crippen LogP contribution in [0.15, 0.2) is 42.2 Å². The van der Waals surface area contributed by atoms with Crippen LogP contribution >= 0.6 is 11.6 Å². The van der Waals surface area contributed by atoms with E-state index in [1.54, 1.807) is 25.1 Å². The first-order valence-corrected chi connectivity index (χ1v) is 14.2. The van der Waals surface area contributed by atoms with E-state index in [9.17, 15) is 5.11 Å². The third-order valence-corrected chi connectivity index (χ3v) is 8.31. The molecule has 9 heteroatoms. The van der Waals surface area contributed by atoms with Gasteiger partial charge in [-0.05, 0) is 76.7 Å². The molecule has 0 radical (unpaired) electrons. The van der Waals surface area contributed by atoms with Gasteiger partial charge < -0.3 is 25.1 Å². The first-order valence-electron chi connectivity index (χ1n) is 13.8. The maximum Gasteiger partial charge on any atom is 0.228 e. The Morgan fingerprint density at radius 2 is 1.90 bits per heavy atom. The van der Waals surface area contributed by atoms with Crippen molar-refractivity contribution < 1.29 is 9.50 Å². The van der Waals surface area contributed by atoms with Crippen LogP contribution in [0, 0.1) is 12.7 Å². The van der Waals surface area contributed by atoms with E-state index in [1.807, 2.05) is 31.2 Å². The normalized spacial score (nSPS) is 20.9. The van der Waals surface area contributed by atoms with Gasteiger partial charge in [-0.3, -0.25) is 0 Å². The predicted octanol–water partition coefficient (Wildman–Crippen LogP) is 5.67. The Kier molecular flexibility index (Phi) is 8.04. The molecule has 2 aliphatic rings. The molecule has 3 aromatic rings. The molecule has 0 unspecified atom stereocenters. The fourth-order valence-corrected chi connectivity index (χ4v) is 5.74. The van der Waals surface area contributed by atoms with Crippen LogP contribution in [0.25, 0.3) is 22.6 Å². The van der Waals surface area contributed by atoms with Gasteiger partial charge in [0, 0.05) is 55.3 Å². The van der Waals surface area contributed by atoms with Gasteiger partial charge in [0.25, 0.3) is 0 Å². The third-order valence-electron chi connectivity index (χ3n) is 8.01. The van der Waals surface area contributed by atoms with Gasteiger partial charge in [0.05, 0.1) is 5.02 Å². The van der Waals surface area contributed by atoms with Crippen LogP contribution in [0.2, 0.25) is 5.02 Å². The fourth-order valence-electron chi connectivity index (χ4n) is 5.40. The highest BCUT2D eigenvalue weighted by molar-refractivity contribution is 6.33. The Morgan fingerprint density at radius 3 is 2.60 bits per heavy atom. The molecule has 0 bridgehead atoms. The van der Waals surface area contributed by atoms with Crippen LogP contribution in [-0.4, -0.2) is 78.4 Å². The molecule has 2 fully saturated rings. The van der Waals surface area contributed by atoms with Gasteiger partial charge in [-0.1, -0.05) is 35.9 Å². The quantitative estimate of drug-likeness (QED) is 0.295. The van der Waals surface area contributed by atoms with E-state index in [1.165, 1.54) is 0 Å². The lowest BCUT2D eigenvalue weighted by atomic mass is 10.0. The molecule has 2 saturated heterocycles. The number of halogens is 2. The number of likely N-dealkylation sites (N-methyl/N-ethyl adjacent to an activating group) is 1. The number of anilines is 2. The maximum absolute atomic E-state index is 16.4. The van der Waals surface area contributed by atoms with Crippen molar-refractivity contribution in [1.82, 2.24) is 20.2 Å². The number of aliphatic hydroxyl groups excluding tert-OH is 1. The number of nitrogens with zero attached hydrogens (tertiary/aromatic N) is 5. The van der Waals surface area contributed by atoms with Crippen molar-refractivity contribution in [1.29, 1.82) is 0 Å². The summed E-state index contributed by atoms with van der Waals surface area (Å²) in [5, 5.41) is 15.1. The molecule has 2 atom stereocenters. The minimum atomic E-state index is -0.509. The number of aliphatic hydroxyl groups is 1. The van der Waals surface area contributed by atoms with Crippen LogP contribution in [0.1, 0.15) is 37.5 Å². The lowest BCUT2D eigenvalue weighted by molar-refractivity contribution is 0.245. The van der Waals surface area contributed by atoms with Gasteiger partial charge in [0.1, 0.15) is 17.1 Å². The summed E-state index contributed by atoms with van der Waals surface area (Å²) in [4.78, 5) is 16.2. The summed E-state index contributed by atoms with van der Waals surface area (Å²) in [6, 6.07) is 10.4. The van der Waals surface area contributed by atoms with Gasteiger partial charge in [-0.25, -0.2) is 9.37 Å². The van der Waals surface area contributed by atoms with Gasteiger partial charge in [0.15, 0.2) is 5.82 Å². The molecular weight excluding hydrogens is 527 g/mol. The van der Waals surface area contributed by atoms with Gasteiger partial charge in [-0.15, -0.1) is 0 Å². The minimum Gasteiger partial charge on any atom is -0.508 e. The second-order valence-corrected chi connectivity index (χ2v) is 11.8. The molecule has 3 heterocycles. The molecule has 1 aromatic heterocycles. The van der Waals surface area contributed by atoms with Crippen molar-refractivity contribution in [2.45, 2.75) is 45.8 Å². The van der Waals surface area contributed by atoms with Gasteiger partial charge >= 0.3 is 0 Å². The second kappa shape index (κ2) is 11.4. The molecule has 0 spiro atoms. The number of aryl methyl sites for hydroxylation is 1. The minimum absolute atomic E-state index is 0.0189. The largest absolute Gasteiger partial charge is 0.508 e. The SMILES string of the molecule is C/C(=C\C(O)=C/c1ccccc1C)c1c(Cl)cc2c(N3C[C@@H](C)NC[C@H]3C)nc(N3CC(N(C)C)C3)nc2c1F. The Balaban J connectivity index is 1.62. The number of aromatic nitrogens is 2. The van der Waals surface area contributed by atoms with Crippen LogP contribution in [0.5, 0.6) is 0 Å². The van der Waals surface area contributed by atoms with E-state index < -0.39 is 5.82 Å². The van der Waals surface area contributed by atoms with Crippen molar-refractivity contribution in [3.63, 3.8) is 0 Å². The van der Waals surface area contributed by atoms with E-state index in [4.69, 9.17) is 21.6 Å². The predicted molar refractivity (Wildman–Crippen MR) is 164 cm³/mol. The smallest absolute Gasteiger partial charge is 0.228 e. The van der Waals surface area contributed by atoms with Crippen molar-refractivity contribution in [2.75, 3.05) is 50.1 Å². The van der Waals surface area contributed by atoms with Crippen molar-refractivity contribution in [3.05, 3.63) is 69.7 Å². The fraction of sp³-hybridized carbons (Fsp3) is 0.419. The zero-order chi connectivity index (χ0) is 28.7. The van der Waals surface area contributed by atoms with E-state index in [0.29, 0.717) is 28.8 Å². The number of rotatable bonds is 6. The molecule has 0 saturated carbocycles. The average Bonchev–Trinajstić information content (AvgIpc) is 2.86. The zero-order valence-electron chi connectivity index (χ0n) is 24.0. The molecule has 0 amide bonds. The molecule has 2 aliphatic heterocycles. The van der Waals surface area contributed by atoms with Gasteiger partial charge in [0.2, 0.25) is 5.95 Å². The number of benzene rings is 2. The van der Waals surface area contributed by atoms with Crippen molar-refractivity contribution in [2.24, 2.45) is 0 Å². The van der Waals surface area contributed by atoms with Crippen LogP contribution in [0.3, 0.4) is 0 Å². The molecule has 212 valence electrons. The Labute approximate surface area is 241 Å². The van der Waals surface area contributed by atoms with Crippen molar-refractivity contribution >= 4 is 45.9 Å². The standard InChI is InChI=1S/C31H38ClFN6O/c1-18-9-7-8-10-22(18)12-24(40)11-19(2)27-26(32)13-25-29(28(27)33)35-31(38-16-23(17-38)37(5)6)36-30(25)39-15-20(3)34-14-21(39)4/h7-13,20-21,23,34,40H,14-17H2,1-6H3/b19-11+,24-12+/t20-,21-/m1/s1. The van der Waals surface area contributed by atoms with Crippen LogP contribution in [-0.2, 0) is 0 Å². The number of hydrogen-bond acceptors (Lipinski definition) is 7. The number of nitrogens with one attached hydrogen (secondary N) is 1. The molecule has 7 nitrogen and oxygen atoms in total. The lowest BCUT2D eigenvalue weighted by Gasteiger charge is -2.43. The van der Waals surface area contributed by atoms with Crippen LogP contribution < -0.4 is 15.1 Å². The highest BCUT2D eigenvalue weighted by atomic mass is 35.5. The second-order valence-electron chi connectivity index (χ2n) is 11.4. The molecule has 2 aromatic carbocycles. The summed E-state index contributed by atoms with van der Waals surface area (Å²) in [6.45, 7) is 11.1. The first-order chi connectivity index (χ1) is 19.0. The summed E-state index contributed by atoms with van der Waals surface area (Å²) < 4.78 is 16.4. The zero-order valence-corrected chi connectivity index (χ0v) is 24.8. The first kappa shape index (κ1) is 28.3.